The quantitative estimate of drug-likeness (QED) is 0.598. The van der Waals surface area contributed by atoms with Gasteiger partial charge in [0.25, 0.3) is 0 Å². The van der Waals surface area contributed by atoms with E-state index in [1.807, 2.05) is 0 Å². The van der Waals surface area contributed by atoms with Crippen molar-refractivity contribution in [3.8, 4) is 0 Å². The third kappa shape index (κ3) is 1.94. The van der Waals surface area contributed by atoms with Crippen molar-refractivity contribution in [1.82, 2.24) is 4.98 Å². The Morgan fingerprint density at radius 3 is 2.77 bits per heavy atom. The minimum Gasteiger partial charge on any atom is -0.480 e. The minimum atomic E-state index is -1.07. The SMILES string of the molecule is Cc1cc(N)ncc1[C@H](N)C(=O)O. The van der Waals surface area contributed by atoms with Crippen molar-refractivity contribution in [2.45, 2.75) is 13.0 Å². The zero-order valence-corrected chi connectivity index (χ0v) is 7.19. The van der Waals surface area contributed by atoms with Crippen molar-refractivity contribution >= 4 is 11.8 Å². The van der Waals surface area contributed by atoms with E-state index in [0.717, 1.165) is 5.56 Å². The average Bonchev–Trinajstić information content (AvgIpc) is 2.03. The Morgan fingerprint density at radius 1 is 1.69 bits per heavy atom. The van der Waals surface area contributed by atoms with Gasteiger partial charge in [0.15, 0.2) is 0 Å². The molecule has 0 fully saturated rings. The van der Waals surface area contributed by atoms with E-state index in [-0.39, 0.29) is 0 Å². The smallest absolute Gasteiger partial charge is 0.325 e. The number of nitrogen functional groups attached to an aromatic ring is 1. The second-order valence-corrected chi connectivity index (χ2v) is 2.78. The van der Waals surface area contributed by atoms with E-state index in [1.165, 1.54) is 6.20 Å². The van der Waals surface area contributed by atoms with Crippen LogP contribution in [0.25, 0.3) is 0 Å². The molecule has 0 saturated carbocycles. The van der Waals surface area contributed by atoms with Crippen molar-refractivity contribution in [1.29, 1.82) is 0 Å². The van der Waals surface area contributed by atoms with E-state index in [2.05, 4.69) is 4.98 Å². The second-order valence-electron chi connectivity index (χ2n) is 2.78. The third-order valence-corrected chi connectivity index (χ3v) is 1.77. The highest BCUT2D eigenvalue weighted by molar-refractivity contribution is 5.75. The number of rotatable bonds is 2. The number of nitrogens with two attached hydrogens (primary N) is 2. The summed E-state index contributed by atoms with van der Waals surface area (Å²) in [4.78, 5) is 14.3. The number of carbonyl (C=O) groups is 1. The van der Waals surface area contributed by atoms with Crippen molar-refractivity contribution in [3.63, 3.8) is 0 Å². The second kappa shape index (κ2) is 3.40. The Bertz CT molecular complexity index is 338. The zero-order valence-electron chi connectivity index (χ0n) is 7.19. The highest BCUT2D eigenvalue weighted by atomic mass is 16.4. The molecule has 0 aliphatic heterocycles. The van der Waals surface area contributed by atoms with Gasteiger partial charge in [0.2, 0.25) is 0 Å². The lowest BCUT2D eigenvalue weighted by Crippen LogP contribution is -2.21. The topological polar surface area (TPSA) is 102 Å². The molecule has 1 rings (SSSR count). The molecular weight excluding hydrogens is 170 g/mol. The summed E-state index contributed by atoms with van der Waals surface area (Å²) < 4.78 is 0. The van der Waals surface area contributed by atoms with E-state index >= 15 is 0 Å². The van der Waals surface area contributed by atoms with Crippen LogP contribution in [0.15, 0.2) is 12.3 Å². The largest absolute Gasteiger partial charge is 0.480 e. The number of hydrogen-bond acceptors (Lipinski definition) is 4. The molecule has 0 spiro atoms. The van der Waals surface area contributed by atoms with Crippen molar-refractivity contribution < 1.29 is 9.90 Å². The third-order valence-electron chi connectivity index (χ3n) is 1.77. The number of pyridine rings is 1. The number of anilines is 1. The molecule has 0 aromatic carbocycles. The van der Waals surface area contributed by atoms with Gasteiger partial charge in [0, 0.05) is 11.8 Å². The predicted octanol–water partition coefficient (Wildman–Crippen LogP) is 0.0566. The summed E-state index contributed by atoms with van der Waals surface area (Å²) in [5.41, 5.74) is 12.0. The van der Waals surface area contributed by atoms with Gasteiger partial charge in [-0.15, -0.1) is 0 Å². The molecule has 5 N–H and O–H groups in total. The fourth-order valence-electron chi connectivity index (χ4n) is 1.05. The normalized spacial score (nSPS) is 12.5. The van der Waals surface area contributed by atoms with E-state index in [4.69, 9.17) is 16.6 Å². The molecule has 13 heavy (non-hydrogen) atoms. The van der Waals surface area contributed by atoms with Gasteiger partial charge in [0.05, 0.1) is 0 Å². The summed E-state index contributed by atoms with van der Waals surface area (Å²) in [6, 6.07) is 0.561. The van der Waals surface area contributed by atoms with Crippen LogP contribution in [0.2, 0.25) is 0 Å². The summed E-state index contributed by atoms with van der Waals surface area (Å²) >= 11 is 0. The number of aromatic nitrogens is 1. The van der Waals surface area contributed by atoms with Crippen LogP contribution in [0.5, 0.6) is 0 Å². The lowest BCUT2D eigenvalue weighted by atomic mass is 10.1. The van der Waals surface area contributed by atoms with E-state index < -0.39 is 12.0 Å². The standard InChI is InChI=1S/C8H11N3O2/c1-4-2-6(9)11-3-5(4)7(10)8(12)13/h2-3,7H,10H2,1H3,(H2,9,11)(H,12,13)/t7-/m0/s1. The van der Waals surface area contributed by atoms with Gasteiger partial charge in [-0.25, -0.2) is 4.98 Å². The number of nitrogens with zero attached hydrogens (tertiary/aromatic N) is 1. The summed E-state index contributed by atoms with van der Waals surface area (Å²) in [6.45, 7) is 1.75. The molecule has 0 aliphatic carbocycles. The molecule has 70 valence electrons. The van der Waals surface area contributed by atoms with Crippen LogP contribution in [0.3, 0.4) is 0 Å². The number of hydrogen-bond donors (Lipinski definition) is 3. The maximum atomic E-state index is 10.6. The molecule has 0 unspecified atom stereocenters. The fraction of sp³-hybridized carbons (Fsp3) is 0.250. The van der Waals surface area contributed by atoms with Crippen molar-refractivity contribution in [2.24, 2.45) is 5.73 Å². The molecule has 1 aromatic rings. The molecule has 1 aromatic heterocycles. The van der Waals surface area contributed by atoms with Gasteiger partial charge in [-0.1, -0.05) is 0 Å². The van der Waals surface area contributed by atoms with Gasteiger partial charge in [-0.2, -0.15) is 0 Å². The molecule has 5 nitrogen and oxygen atoms in total. The average molecular weight is 181 g/mol. The summed E-state index contributed by atoms with van der Waals surface area (Å²) in [5, 5.41) is 8.65. The summed E-state index contributed by atoms with van der Waals surface area (Å²) in [5.74, 6) is -0.714. The summed E-state index contributed by atoms with van der Waals surface area (Å²) in [7, 11) is 0. The molecule has 0 radical (unpaired) electrons. The van der Waals surface area contributed by atoms with Crippen LogP contribution >= 0.6 is 0 Å². The highest BCUT2D eigenvalue weighted by Crippen LogP contribution is 2.16. The highest BCUT2D eigenvalue weighted by Gasteiger charge is 2.16. The first-order valence-corrected chi connectivity index (χ1v) is 3.72. The maximum Gasteiger partial charge on any atom is 0.325 e. The summed E-state index contributed by atoms with van der Waals surface area (Å²) in [6.07, 6.45) is 1.39. The molecule has 1 heterocycles. The van der Waals surface area contributed by atoms with Crippen LogP contribution in [0, 0.1) is 6.92 Å². The zero-order chi connectivity index (χ0) is 10.0. The number of carboxylic acids is 1. The molecule has 0 amide bonds. The Kier molecular flexibility index (Phi) is 2.48. The van der Waals surface area contributed by atoms with Crippen molar-refractivity contribution in [3.05, 3.63) is 23.4 Å². The maximum absolute atomic E-state index is 10.6. The first kappa shape index (κ1) is 9.47. The van der Waals surface area contributed by atoms with Gasteiger partial charge >= 0.3 is 5.97 Å². The van der Waals surface area contributed by atoms with Crippen molar-refractivity contribution in [2.75, 3.05) is 5.73 Å². The monoisotopic (exact) mass is 181 g/mol. The lowest BCUT2D eigenvalue weighted by molar-refractivity contribution is -0.138. The Balaban J connectivity index is 3.08. The van der Waals surface area contributed by atoms with E-state index in [0.29, 0.717) is 11.4 Å². The Hall–Kier alpha value is -1.62. The van der Waals surface area contributed by atoms with E-state index in [1.54, 1.807) is 13.0 Å². The molecule has 1 atom stereocenters. The van der Waals surface area contributed by atoms with Crippen LogP contribution in [0.4, 0.5) is 5.82 Å². The molecule has 0 saturated heterocycles. The van der Waals surface area contributed by atoms with Crippen LogP contribution < -0.4 is 11.5 Å². The lowest BCUT2D eigenvalue weighted by Gasteiger charge is -2.09. The molecule has 0 aliphatic rings. The molecule has 0 bridgehead atoms. The number of aliphatic carboxylic acids is 1. The van der Waals surface area contributed by atoms with Gasteiger partial charge in [0.1, 0.15) is 11.9 Å². The number of carboxylic acid groups (broad SMARTS) is 1. The first-order chi connectivity index (χ1) is 6.02. The van der Waals surface area contributed by atoms with Crippen LogP contribution in [-0.2, 0) is 4.79 Å². The number of aryl methyl sites for hydroxylation is 1. The predicted molar refractivity (Wildman–Crippen MR) is 48.0 cm³/mol. The van der Waals surface area contributed by atoms with Gasteiger partial charge < -0.3 is 16.6 Å². The van der Waals surface area contributed by atoms with Crippen LogP contribution in [-0.4, -0.2) is 16.1 Å². The molecular formula is C8H11N3O2. The van der Waals surface area contributed by atoms with E-state index in [9.17, 15) is 4.79 Å². The fourth-order valence-corrected chi connectivity index (χ4v) is 1.05. The molecule has 5 heteroatoms. The van der Waals surface area contributed by atoms with Crippen LogP contribution in [0.1, 0.15) is 17.2 Å². The minimum absolute atomic E-state index is 0.360. The Labute approximate surface area is 75.4 Å². The first-order valence-electron chi connectivity index (χ1n) is 3.72. The van der Waals surface area contributed by atoms with Gasteiger partial charge in [-0.05, 0) is 18.6 Å². The van der Waals surface area contributed by atoms with Gasteiger partial charge in [-0.3, -0.25) is 4.79 Å². The Morgan fingerprint density at radius 2 is 2.31 bits per heavy atom.